The first-order chi connectivity index (χ1) is 14.4. The number of aromatic nitrogens is 1. The molecule has 1 saturated heterocycles. The van der Waals surface area contributed by atoms with Gasteiger partial charge in [0.1, 0.15) is 0 Å². The predicted molar refractivity (Wildman–Crippen MR) is 123 cm³/mol. The fraction of sp³-hybridized carbons (Fsp3) is 0.391. The first-order valence-electron chi connectivity index (χ1n) is 10.2. The van der Waals surface area contributed by atoms with Crippen LogP contribution in [0, 0.1) is 13.8 Å². The number of ether oxygens (including phenoxy) is 1. The van der Waals surface area contributed by atoms with E-state index in [0.29, 0.717) is 11.5 Å². The number of nitrogens with zero attached hydrogens (tertiary/aromatic N) is 3. The van der Waals surface area contributed by atoms with Gasteiger partial charge in [-0.3, -0.25) is 14.5 Å². The summed E-state index contributed by atoms with van der Waals surface area (Å²) in [6.07, 6.45) is 1.82. The Bertz CT molecular complexity index is 959. The number of hydrogen-bond donors (Lipinski definition) is 0. The maximum absolute atomic E-state index is 12.6. The van der Waals surface area contributed by atoms with Crippen LogP contribution in [0.1, 0.15) is 30.8 Å². The minimum atomic E-state index is -0.254. The molecule has 7 heteroatoms. The molecule has 1 aromatic carbocycles. The molecule has 30 heavy (non-hydrogen) atoms. The Morgan fingerprint density at radius 2 is 1.77 bits per heavy atom. The average molecular weight is 428 g/mol. The number of aryl methyl sites for hydroxylation is 1. The van der Waals surface area contributed by atoms with E-state index in [0.717, 1.165) is 47.5 Å². The summed E-state index contributed by atoms with van der Waals surface area (Å²) in [4.78, 5) is 28.8. The topological polar surface area (TPSA) is 54.8 Å². The van der Waals surface area contributed by atoms with E-state index in [-0.39, 0.29) is 17.7 Å². The van der Waals surface area contributed by atoms with E-state index in [1.165, 1.54) is 10.6 Å². The lowest BCUT2D eigenvalue weighted by Crippen LogP contribution is -2.31. The molecule has 1 aromatic heterocycles. The summed E-state index contributed by atoms with van der Waals surface area (Å²) in [5.41, 5.74) is 5.34. The third-order valence-electron chi connectivity index (χ3n) is 5.39. The molecule has 0 N–H and O–H groups in total. The predicted octanol–water partition coefficient (Wildman–Crippen LogP) is 4.62. The second kappa shape index (κ2) is 9.53. The molecular formula is C23H29N3O3S. The highest BCUT2D eigenvalue weighted by molar-refractivity contribution is 8.18. The van der Waals surface area contributed by atoms with Gasteiger partial charge >= 0.3 is 0 Å². The summed E-state index contributed by atoms with van der Waals surface area (Å²) in [7, 11) is 1.55. The summed E-state index contributed by atoms with van der Waals surface area (Å²) < 4.78 is 7.17. The molecule has 1 fully saturated rings. The summed E-state index contributed by atoms with van der Waals surface area (Å²) >= 11 is 0.985. The van der Waals surface area contributed by atoms with E-state index < -0.39 is 0 Å². The van der Waals surface area contributed by atoms with Crippen molar-refractivity contribution in [2.24, 2.45) is 0 Å². The van der Waals surface area contributed by atoms with Crippen molar-refractivity contribution in [3.05, 3.63) is 52.2 Å². The number of thioether (sulfide) groups is 1. The van der Waals surface area contributed by atoms with Crippen molar-refractivity contribution in [1.82, 2.24) is 9.47 Å². The Hall–Kier alpha value is -2.51. The van der Waals surface area contributed by atoms with Gasteiger partial charge in [-0.15, -0.1) is 0 Å². The maximum Gasteiger partial charge on any atom is 0.293 e. The molecule has 0 aliphatic carbocycles. The molecule has 6 nitrogen and oxygen atoms in total. The van der Waals surface area contributed by atoms with Gasteiger partial charge in [0.25, 0.3) is 11.1 Å². The molecule has 0 bridgehead atoms. The van der Waals surface area contributed by atoms with Crippen molar-refractivity contribution in [3.63, 3.8) is 0 Å². The Morgan fingerprint density at radius 1 is 1.10 bits per heavy atom. The fourth-order valence-corrected chi connectivity index (χ4v) is 4.60. The molecule has 0 unspecified atom stereocenters. The van der Waals surface area contributed by atoms with Crippen LogP contribution in [-0.2, 0) is 9.53 Å². The summed E-state index contributed by atoms with van der Waals surface area (Å²) in [6, 6.07) is 10.6. The highest BCUT2D eigenvalue weighted by atomic mass is 32.2. The molecule has 0 spiro atoms. The van der Waals surface area contributed by atoms with Gasteiger partial charge in [-0.25, -0.2) is 0 Å². The lowest BCUT2D eigenvalue weighted by molar-refractivity contribution is -0.123. The minimum Gasteiger partial charge on any atom is -0.383 e. The lowest BCUT2D eigenvalue weighted by Gasteiger charge is -2.21. The number of anilines is 1. The van der Waals surface area contributed by atoms with Gasteiger partial charge in [0, 0.05) is 43.0 Å². The normalized spacial score (nSPS) is 15.5. The van der Waals surface area contributed by atoms with Crippen LogP contribution in [0.3, 0.4) is 0 Å². The molecule has 2 amide bonds. The Morgan fingerprint density at radius 3 is 2.37 bits per heavy atom. The van der Waals surface area contributed by atoms with Crippen LogP contribution >= 0.6 is 11.8 Å². The van der Waals surface area contributed by atoms with E-state index in [9.17, 15) is 9.59 Å². The largest absolute Gasteiger partial charge is 0.383 e. The van der Waals surface area contributed by atoms with Crippen LogP contribution in [0.25, 0.3) is 11.8 Å². The van der Waals surface area contributed by atoms with Gasteiger partial charge < -0.3 is 14.2 Å². The van der Waals surface area contributed by atoms with E-state index in [1.54, 1.807) is 7.11 Å². The van der Waals surface area contributed by atoms with Crippen LogP contribution in [-0.4, -0.2) is 54.0 Å². The zero-order valence-corrected chi connectivity index (χ0v) is 19.1. The number of carbonyl (C=O) groups is 2. The van der Waals surface area contributed by atoms with Crippen molar-refractivity contribution >= 4 is 34.7 Å². The van der Waals surface area contributed by atoms with Crippen molar-refractivity contribution in [3.8, 4) is 5.69 Å². The molecule has 0 saturated carbocycles. The molecule has 0 radical (unpaired) electrons. The molecule has 2 heterocycles. The smallest absolute Gasteiger partial charge is 0.293 e. The second-order valence-electron chi connectivity index (χ2n) is 7.18. The van der Waals surface area contributed by atoms with Gasteiger partial charge in [0.2, 0.25) is 0 Å². The van der Waals surface area contributed by atoms with Crippen LogP contribution < -0.4 is 4.90 Å². The fourth-order valence-electron chi connectivity index (χ4n) is 3.75. The SMILES string of the molecule is CCN(CC)c1ccc(-n2c(C)cc(/C=C3/SC(=O)N(CCOC)C3=O)c2C)cc1. The molecule has 2 aromatic rings. The van der Waals surface area contributed by atoms with Crippen LogP contribution in [0.5, 0.6) is 0 Å². The second-order valence-corrected chi connectivity index (χ2v) is 8.17. The summed E-state index contributed by atoms with van der Waals surface area (Å²) in [6.45, 7) is 10.9. The number of benzene rings is 1. The van der Waals surface area contributed by atoms with Crippen LogP contribution in [0.2, 0.25) is 0 Å². The van der Waals surface area contributed by atoms with Crippen molar-refractivity contribution in [2.75, 3.05) is 38.3 Å². The number of imide groups is 1. The molecule has 0 atom stereocenters. The van der Waals surface area contributed by atoms with E-state index in [1.807, 2.05) is 19.9 Å². The maximum atomic E-state index is 12.6. The minimum absolute atomic E-state index is 0.246. The van der Waals surface area contributed by atoms with Crippen LogP contribution in [0.15, 0.2) is 35.2 Å². The van der Waals surface area contributed by atoms with Gasteiger partial charge in [0.05, 0.1) is 18.1 Å². The van der Waals surface area contributed by atoms with Crippen molar-refractivity contribution in [1.29, 1.82) is 0 Å². The third-order valence-corrected chi connectivity index (χ3v) is 6.29. The van der Waals surface area contributed by atoms with Crippen molar-refractivity contribution < 1.29 is 14.3 Å². The lowest BCUT2D eigenvalue weighted by atomic mass is 10.2. The van der Waals surface area contributed by atoms with E-state index >= 15 is 0 Å². The number of hydrogen-bond acceptors (Lipinski definition) is 5. The van der Waals surface area contributed by atoms with Gasteiger partial charge in [-0.1, -0.05) is 0 Å². The molecule has 1 aliphatic heterocycles. The zero-order chi connectivity index (χ0) is 21.8. The monoisotopic (exact) mass is 427 g/mol. The number of amides is 2. The Labute approximate surface area is 182 Å². The highest BCUT2D eigenvalue weighted by Gasteiger charge is 2.34. The quantitative estimate of drug-likeness (QED) is 0.575. The third kappa shape index (κ3) is 4.32. The number of carbonyl (C=O) groups excluding carboxylic acids is 2. The summed E-state index contributed by atoms with van der Waals surface area (Å²) in [5, 5.41) is -0.246. The van der Waals surface area contributed by atoms with Gasteiger partial charge in [0.15, 0.2) is 0 Å². The summed E-state index contributed by atoms with van der Waals surface area (Å²) in [5.74, 6) is -0.254. The van der Waals surface area contributed by atoms with Gasteiger partial charge in [-0.05, 0) is 81.4 Å². The average Bonchev–Trinajstić information content (AvgIpc) is 3.16. The van der Waals surface area contributed by atoms with Gasteiger partial charge in [-0.2, -0.15) is 0 Å². The standard InChI is InChI=1S/C23H29N3O3S/c1-6-24(7-2)19-8-10-20(11-9-19)26-16(3)14-18(17(26)4)15-21-22(27)25(12-13-29-5)23(28)30-21/h8-11,14-15H,6-7,12-13H2,1-5H3/b21-15+. The molecule has 3 rings (SSSR count). The number of methoxy groups -OCH3 is 1. The zero-order valence-electron chi connectivity index (χ0n) is 18.3. The first-order valence-corrected chi connectivity index (χ1v) is 11.0. The van der Waals surface area contributed by atoms with Crippen molar-refractivity contribution in [2.45, 2.75) is 27.7 Å². The molecule has 1 aliphatic rings. The van der Waals surface area contributed by atoms with E-state index in [2.05, 4.69) is 53.6 Å². The first kappa shape index (κ1) is 22.2. The Balaban J connectivity index is 1.89. The van der Waals surface area contributed by atoms with E-state index in [4.69, 9.17) is 4.74 Å². The van der Waals surface area contributed by atoms with Crippen LogP contribution in [0.4, 0.5) is 10.5 Å². The molecule has 160 valence electrons. The number of rotatable bonds is 8. The Kier molecular flexibility index (Phi) is 7.05. The molecular weight excluding hydrogens is 398 g/mol. The highest BCUT2D eigenvalue weighted by Crippen LogP contribution is 2.33.